The molecule has 0 spiro atoms. The monoisotopic (exact) mass is 350 g/mol. The predicted octanol–water partition coefficient (Wildman–Crippen LogP) is 2.85. The van der Waals surface area contributed by atoms with Crippen LogP contribution in [0.25, 0.3) is 0 Å². The van der Waals surface area contributed by atoms with Gasteiger partial charge in [0, 0.05) is 5.69 Å². The highest BCUT2D eigenvalue weighted by molar-refractivity contribution is 7.92. The van der Waals surface area contributed by atoms with Gasteiger partial charge in [-0.05, 0) is 49.2 Å². The zero-order chi connectivity index (χ0) is 17.9. The molecule has 1 amide bonds. The van der Waals surface area contributed by atoms with E-state index in [2.05, 4.69) is 5.32 Å². The fourth-order valence-corrected chi connectivity index (χ4v) is 3.40. The lowest BCUT2D eigenvalue weighted by molar-refractivity contribution is -0.114. The van der Waals surface area contributed by atoms with E-state index in [-0.39, 0.29) is 6.54 Å². The number of rotatable bonds is 5. The minimum atomic E-state index is -3.64. The van der Waals surface area contributed by atoms with Crippen molar-refractivity contribution >= 4 is 27.3 Å². The third-order valence-electron chi connectivity index (χ3n) is 3.50. The molecular weight excluding hydrogens is 331 g/mol. The van der Waals surface area contributed by atoms with Crippen LogP contribution in [0.2, 0.25) is 0 Å². The van der Waals surface area contributed by atoms with Gasteiger partial charge in [0.25, 0.3) is 0 Å². The quantitative estimate of drug-likeness (QED) is 0.902. The fourth-order valence-electron chi connectivity index (χ4n) is 2.43. The van der Waals surface area contributed by atoms with E-state index in [0.717, 1.165) is 21.7 Å². The van der Waals surface area contributed by atoms with Gasteiger partial charge in [-0.25, -0.2) is 12.8 Å². The van der Waals surface area contributed by atoms with Crippen molar-refractivity contribution in [3.63, 3.8) is 0 Å². The third kappa shape index (κ3) is 4.32. The number of amides is 1. The summed E-state index contributed by atoms with van der Waals surface area (Å²) < 4.78 is 38.3. The van der Waals surface area contributed by atoms with Crippen molar-refractivity contribution in [3.05, 3.63) is 59.4 Å². The van der Waals surface area contributed by atoms with Crippen molar-refractivity contribution < 1.29 is 17.6 Å². The van der Waals surface area contributed by atoms with Gasteiger partial charge in [-0.3, -0.25) is 9.10 Å². The molecule has 7 heteroatoms. The van der Waals surface area contributed by atoms with E-state index in [9.17, 15) is 17.6 Å². The Kier molecular flexibility index (Phi) is 5.23. The second-order valence-electron chi connectivity index (χ2n) is 5.57. The maximum atomic E-state index is 12.9. The van der Waals surface area contributed by atoms with Crippen LogP contribution in [0, 0.1) is 19.7 Å². The molecule has 0 aliphatic rings. The molecular formula is C17H19FN2O3S. The number of halogens is 1. The van der Waals surface area contributed by atoms with Crippen LogP contribution in [0.4, 0.5) is 15.8 Å². The molecule has 2 rings (SSSR count). The molecule has 0 atom stereocenters. The summed E-state index contributed by atoms with van der Waals surface area (Å²) in [6, 6.07) is 10.7. The largest absolute Gasteiger partial charge is 0.325 e. The molecule has 0 saturated heterocycles. The third-order valence-corrected chi connectivity index (χ3v) is 4.62. The average Bonchev–Trinajstić information content (AvgIpc) is 2.47. The van der Waals surface area contributed by atoms with Gasteiger partial charge in [-0.2, -0.15) is 0 Å². The highest BCUT2D eigenvalue weighted by Crippen LogP contribution is 2.26. The molecule has 0 saturated carbocycles. The predicted molar refractivity (Wildman–Crippen MR) is 93.1 cm³/mol. The first-order valence-corrected chi connectivity index (χ1v) is 9.12. The van der Waals surface area contributed by atoms with E-state index >= 15 is 0 Å². The number of sulfonamides is 1. The molecule has 1 N–H and O–H groups in total. The number of nitrogens with zero attached hydrogens (tertiary/aromatic N) is 1. The minimum absolute atomic E-state index is 0.359. The Bertz CT molecular complexity index is 828. The first kappa shape index (κ1) is 17.9. The molecule has 0 aliphatic heterocycles. The Labute approximate surface area is 141 Å². The van der Waals surface area contributed by atoms with Crippen molar-refractivity contribution in [2.75, 3.05) is 22.4 Å². The molecule has 0 bridgehead atoms. The van der Waals surface area contributed by atoms with Crippen LogP contribution in [0.3, 0.4) is 0 Å². The number of hydrogen-bond donors (Lipinski definition) is 1. The number of hydrogen-bond acceptors (Lipinski definition) is 3. The van der Waals surface area contributed by atoms with Crippen LogP contribution in [0.1, 0.15) is 11.1 Å². The van der Waals surface area contributed by atoms with Gasteiger partial charge in [0.05, 0.1) is 11.9 Å². The number of para-hydroxylation sites is 1. The molecule has 128 valence electrons. The molecule has 0 aromatic heterocycles. The van der Waals surface area contributed by atoms with Crippen LogP contribution >= 0.6 is 0 Å². The number of aryl methyl sites for hydroxylation is 2. The minimum Gasteiger partial charge on any atom is -0.325 e. The lowest BCUT2D eigenvalue weighted by Crippen LogP contribution is -2.38. The van der Waals surface area contributed by atoms with Crippen LogP contribution in [-0.4, -0.2) is 27.1 Å². The zero-order valence-electron chi connectivity index (χ0n) is 13.7. The van der Waals surface area contributed by atoms with Crippen molar-refractivity contribution in [2.45, 2.75) is 13.8 Å². The highest BCUT2D eigenvalue weighted by atomic mass is 32.2. The average molecular weight is 350 g/mol. The van der Waals surface area contributed by atoms with Gasteiger partial charge >= 0.3 is 0 Å². The van der Waals surface area contributed by atoms with Crippen LogP contribution < -0.4 is 9.62 Å². The van der Waals surface area contributed by atoms with Crippen molar-refractivity contribution in [2.24, 2.45) is 0 Å². The Hall–Kier alpha value is -2.41. The lowest BCUT2D eigenvalue weighted by atomic mass is 10.1. The molecule has 5 nitrogen and oxygen atoms in total. The van der Waals surface area contributed by atoms with Gasteiger partial charge in [0.15, 0.2) is 0 Å². The van der Waals surface area contributed by atoms with Gasteiger partial charge in [0.1, 0.15) is 12.4 Å². The van der Waals surface area contributed by atoms with Crippen molar-refractivity contribution in [1.29, 1.82) is 0 Å². The highest BCUT2D eigenvalue weighted by Gasteiger charge is 2.23. The fraction of sp³-hybridized carbons (Fsp3) is 0.235. The summed E-state index contributed by atoms with van der Waals surface area (Å²) in [6.45, 7) is 3.22. The molecule has 24 heavy (non-hydrogen) atoms. The van der Waals surface area contributed by atoms with E-state index in [4.69, 9.17) is 0 Å². The van der Waals surface area contributed by atoms with Crippen molar-refractivity contribution in [1.82, 2.24) is 0 Å². The Morgan fingerprint density at radius 3 is 2.12 bits per heavy atom. The second-order valence-corrected chi connectivity index (χ2v) is 7.47. The maximum absolute atomic E-state index is 12.9. The summed E-state index contributed by atoms with van der Waals surface area (Å²) in [5.74, 6) is -0.920. The number of anilines is 2. The number of carbonyl (C=O) groups is 1. The second kappa shape index (κ2) is 7.00. The topological polar surface area (TPSA) is 66.5 Å². The summed E-state index contributed by atoms with van der Waals surface area (Å²) in [7, 11) is -3.64. The molecule has 2 aromatic carbocycles. The summed E-state index contributed by atoms with van der Waals surface area (Å²) in [6.07, 6.45) is 1.06. The summed E-state index contributed by atoms with van der Waals surface area (Å²) in [5.41, 5.74) is 2.41. The summed E-state index contributed by atoms with van der Waals surface area (Å²) in [4.78, 5) is 12.2. The lowest BCUT2D eigenvalue weighted by Gasteiger charge is -2.25. The molecule has 0 radical (unpaired) electrons. The number of carbonyl (C=O) groups excluding carboxylic acids is 1. The Morgan fingerprint density at radius 1 is 1.08 bits per heavy atom. The normalized spacial score (nSPS) is 11.2. The first-order chi connectivity index (χ1) is 11.2. The molecule has 0 fully saturated rings. The first-order valence-electron chi connectivity index (χ1n) is 7.28. The van der Waals surface area contributed by atoms with Crippen LogP contribution in [0.15, 0.2) is 42.5 Å². The zero-order valence-corrected chi connectivity index (χ0v) is 14.5. The van der Waals surface area contributed by atoms with Gasteiger partial charge in [-0.1, -0.05) is 18.2 Å². The molecule has 0 aliphatic carbocycles. The summed E-state index contributed by atoms with van der Waals surface area (Å²) in [5, 5.41) is 2.57. The van der Waals surface area contributed by atoms with E-state index in [1.54, 1.807) is 26.0 Å². The Balaban J connectivity index is 2.27. The van der Waals surface area contributed by atoms with E-state index in [1.807, 2.05) is 6.07 Å². The molecule has 2 aromatic rings. The van der Waals surface area contributed by atoms with E-state index in [1.165, 1.54) is 24.3 Å². The number of benzene rings is 2. The van der Waals surface area contributed by atoms with E-state index < -0.39 is 21.7 Å². The molecule has 0 unspecified atom stereocenters. The van der Waals surface area contributed by atoms with Gasteiger partial charge in [-0.15, -0.1) is 0 Å². The van der Waals surface area contributed by atoms with Crippen LogP contribution in [-0.2, 0) is 14.8 Å². The van der Waals surface area contributed by atoms with Crippen LogP contribution in [0.5, 0.6) is 0 Å². The standard InChI is InChI=1S/C17H19FN2O3S/c1-12-5-4-6-13(2)17(12)20(24(3,22)23)11-16(21)19-15-9-7-14(18)8-10-15/h4-10H,11H2,1-3H3,(H,19,21). The SMILES string of the molecule is Cc1cccc(C)c1N(CC(=O)Nc1ccc(F)cc1)S(C)(=O)=O. The maximum Gasteiger partial charge on any atom is 0.245 e. The molecule has 0 heterocycles. The summed E-state index contributed by atoms with van der Waals surface area (Å²) >= 11 is 0. The van der Waals surface area contributed by atoms with Gasteiger partial charge < -0.3 is 5.32 Å². The van der Waals surface area contributed by atoms with Crippen molar-refractivity contribution in [3.8, 4) is 0 Å². The smallest absolute Gasteiger partial charge is 0.245 e. The number of nitrogens with one attached hydrogen (secondary N) is 1. The Morgan fingerprint density at radius 2 is 1.62 bits per heavy atom. The van der Waals surface area contributed by atoms with Gasteiger partial charge in [0.2, 0.25) is 15.9 Å². The van der Waals surface area contributed by atoms with E-state index in [0.29, 0.717) is 11.4 Å².